The number of hydrogen-bond donors (Lipinski definition) is 2. The van der Waals surface area contributed by atoms with Crippen molar-refractivity contribution >= 4 is 11.6 Å². The normalized spacial score (nSPS) is 19.6. The maximum absolute atomic E-state index is 12.8. The number of nitrogens with one attached hydrogen (secondary N) is 1. The van der Waals surface area contributed by atoms with Crippen molar-refractivity contribution in [2.45, 2.75) is 37.6 Å². The molecule has 1 amide bonds. The quantitative estimate of drug-likeness (QED) is 0.879. The van der Waals surface area contributed by atoms with Crippen LogP contribution in [0.4, 0.5) is 18.9 Å². The van der Waals surface area contributed by atoms with Crippen LogP contribution < -0.4 is 10.1 Å². The predicted molar refractivity (Wildman–Crippen MR) is 82.9 cm³/mol. The summed E-state index contributed by atoms with van der Waals surface area (Å²) < 4.78 is 43.6. The van der Waals surface area contributed by atoms with Crippen LogP contribution in [-0.4, -0.2) is 53.9 Å². The lowest BCUT2D eigenvalue weighted by Crippen LogP contribution is -2.56. The van der Waals surface area contributed by atoms with Crippen LogP contribution in [0.5, 0.6) is 5.75 Å². The molecule has 2 N–H and O–H groups in total. The Morgan fingerprint density at radius 3 is 2.46 bits per heavy atom. The number of likely N-dealkylation sites (tertiary alicyclic amines) is 1. The number of anilines is 1. The predicted octanol–water partition coefficient (Wildman–Crippen LogP) is 2.41. The molecular weight excluding hydrogens is 325 g/mol. The molecule has 1 atom stereocenters. The van der Waals surface area contributed by atoms with Gasteiger partial charge in [0.1, 0.15) is 5.75 Å². The first kappa shape index (κ1) is 18.5. The number of halogens is 3. The van der Waals surface area contributed by atoms with Crippen LogP contribution >= 0.6 is 0 Å². The summed E-state index contributed by atoms with van der Waals surface area (Å²) >= 11 is 0. The van der Waals surface area contributed by atoms with Gasteiger partial charge in [-0.15, -0.1) is 0 Å². The van der Waals surface area contributed by atoms with Crippen molar-refractivity contribution in [1.29, 1.82) is 0 Å². The zero-order valence-corrected chi connectivity index (χ0v) is 13.6. The van der Waals surface area contributed by atoms with E-state index in [1.165, 1.54) is 7.11 Å². The highest BCUT2D eigenvalue weighted by Crippen LogP contribution is 2.38. The second-order valence-corrected chi connectivity index (χ2v) is 5.93. The monoisotopic (exact) mass is 346 g/mol. The Labute approximate surface area is 138 Å². The molecule has 0 spiro atoms. The Hall–Kier alpha value is -1.80. The van der Waals surface area contributed by atoms with Crippen molar-refractivity contribution in [2.75, 3.05) is 25.5 Å². The summed E-state index contributed by atoms with van der Waals surface area (Å²) in [4.78, 5) is 14.0. The third-order valence-electron chi connectivity index (χ3n) is 4.44. The minimum Gasteiger partial charge on any atom is -0.495 e. The number of rotatable bonds is 4. The van der Waals surface area contributed by atoms with Crippen molar-refractivity contribution in [3.8, 4) is 5.75 Å². The molecule has 1 aromatic carbocycles. The lowest BCUT2D eigenvalue weighted by atomic mass is 9.90. The molecule has 8 heteroatoms. The van der Waals surface area contributed by atoms with Crippen molar-refractivity contribution in [1.82, 2.24) is 4.90 Å². The first-order chi connectivity index (χ1) is 11.2. The van der Waals surface area contributed by atoms with E-state index in [9.17, 15) is 23.1 Å². The van der Waals surface area contributed by atoms with Crippen molar-refractivity contribution in [3.05, 3.63) is 24.3 Å². The zero-order valence-electron chi connectivity index (χ0n) is 13.6. The van der Waals surface area contributed by atoms with Gasteiger partial charge in [0.25, 0.3) is 0 Å². The number of carbonyl (C=O) groups excluding carboxylic acids is 1. The third kappa shape index (κ3) is 3.81. The van der Waals surface area contributed by atoms with Crippen molar-refractivity contribution < 1.29 is 27.8 Å². The number of aliphatic hydroxyl groups is 1. The summed E-state index contributed by atoms with van der Waals surface area (Å²) in [6.07, 6.45) is -5.53. The van der Waals surface area contributed by atoms with Gasteiger partial charge in [-0.25, -0.2) is 0 Å². The van der Waals surface area contributed by atoms with Crippen LogP contribution in [0.25, 0.3) is 0 Å². The third-order valence-corrected chi connectivity index (χ3v) is 4.44. The number of methoxy groups -OCH3 is 1. The number of carbonyl (C=O) groups is 1. The van der Waals surface area contributed by atoms with Gasteiger partial charge in [0, 0.05) is 13.1 Å². The molecule has 2 rings (SSSR count). The first-order valence-electron chi connectivity index (χ1n) is 7.65. The topological polar surface area (TPSA) is 61.8 Å². The minimum absolute atomic E-state index is 0.00345. The standard InChI is InChI=1S/C16H21F3N2O3/c1-11(14(22)20-12-5-3-4-6-13(12)24-2)21-9-7-15(23,8-10-21)16(17,18)19/h3-6,11,23H,7-10H2,1-2H3,(H,20,22). The fraction of sp³-hybridized carbons (Fsp3) is 0.562. The molecule has 1 fully saturated rings. The second-order valence-electron chi connectivity index (χ2n) is 5.93. The number of benzene rings is 1. The van der Waals surface area contributed by atoms with Crippen LogP contribution in [-0.2, 0) is 4.79 Å². The molecule has 5 nitrogen and oxygen atoms in total. The summed E-state index contributed by atoms with van der Waals surface area (Å²) in [5, 5.41) is 12.4. The summed E-state index contributed by atoms with van der Waals surface area (Å²) in [6, 6.07) is 6.27. The molecule has 1 heterocycles. The molecule has 1 saturated heterocycles. The highest BCUT2D eigenvalue weighted by molar-refractivity contribution is 5.95. The fourth-order valence-electron chi connectivity index (χ4n) is 2.72. The number of alkyl halides is 3. The Balaban J connectivity index is 1.98. The van der Waals surface area contributed by atoms with Crippen LogP contribution in [0.1, 0.15) is 19.8 Å². The van der Waals surface area contributed by atoms with E-state index in [2.05, 4.69) is 5.32 Å². The first-order valence-corrected chi connectivity index (χ1v) is 7.65. The lowest BCUT2D eigenvalue weighted by Gasteiger charge is -2.40. The van der Waals surface area contributed by atoms with Gasteiger partial charge >= 0.3 is 6.18 Å². The number of ether oxygens (including phenoxy) is 1. The molecule has 0 saturated carbocycles. The van der Waals surface area contributed by atoms with Crippen LogP contribution in [0.3, 0.4) is 0 Å². The summed E-state index contributed by atoms with van der Waals surface area (Å²) in [5.74, 6) is 0.167. The van der Waals surface area contributed by atoms with E-state index >= 15 is 0 Å². The van der Waals surface area contributed by atoms with Gasteiger partial charge in [-0.1, -0.05) is 12.1 Å². The van der Waals surface area contributed by atoms with Gasteiger partial charge in [0.05, 0.1) is 18.8 Å². The van der Waals surface area contributed by atoms with Gasteiger partial charge in [0.2, 0.25) is 5.91 Å². The van der Waals surface area contributed by atoms with E-state index in [1.54, 1.807) is 36.1 Å². The van der Waals surface area contributed by atoms with E-state index in [4.69, 9.17) is 4.74 Å². The Kier molecular flexibility index (Phi) is 5.39. The van der Waals surface area contributed by atoms with Crippen LogP contribution in [0.2, 0.25) is 0 Å². The molecule has 0 bridgehead atoms. The van der Waals surface area contributed by atoms with Gasteiger partial charge in [0.15, 0.2) is 5.60 Å². The van der Waals surface area contributed by atoms with Crippen molar-refractivity contribution in [3.63, 3.8) is 0 Å². The molecule has 1 aliphatic heterocycles. The van der Waals surface area contributed by atoms with Crippen LogP contribution in [0, 0.1) is 0 Å². The number of piperidine rings is 1. The van der Waals surface area contributed by atoms with Gasteiger partial charge < -0.3 is 15.2 Å². The molecule has 0 aromatic heterocycles. The molecule has 1 unspecified atom stereocenters. The molecule has 134 valence electrons. The minimum atomic E-state index is -4.65. The molecular formula is C16H21F3N2O3. The SMILES string of the molecule is COc1ccccc1NC(=O)C(C)N1CCC(O)(C(F)(F)F)CC1. The summed E-state index contributed by atoms with van der Waals surface area (Å²) in [6.45, 7) is 1.62. The van der Waals surface area contributed by atoms with Gasteiger partial charge in [-0.3, -0.25) is 9.69 Å². The smallest absolute Gasteiger partial charge is 0.417 e. The molecule has 0 radical (unpaired) electrons. The average molecular weight is 346 g/mol. The maximum atomic E-state index is 12.8. The van der Waals surface area contributed by atoms with E-state index in [0.717, 1.165) is 0 Å². The lowest BCUT2D eigenvalue weighted by molar-refractivity contribution is -0.273. The second kappa shape index (κ2) is 6.98. The number of nitrogens with zero attached hydrogens (tertiary/aromatic N) is 1. The Morgan fingerprint density at radius 2 is 1.92 bits per heavy atom. The largest absolute Gasteiger partial charge is 0.495 e. The average Bonchev–Trinajstić information content (AvgIpc) is 2.54. The zero-order chi connectivity index (χ0) is 18.0. The fourth-order valence-corrected chi connectivity index (χ4v) is 2.72. The van der Waals surface area contributed by atoms with Gasteiger partial charge in [-0.05, 0) is 31.9 Å². The Morgan fingerprint density at radius 1 is 1.33 bits per heavy atom. The Bertz CT molecular complexity index is 584. The number of hydrogen-bond acceptors (Lipinski definition) is 4. The van der Waals surface area contributed by atoms with E-state index in [-0.39, 0.29) is 19.0 Å². The maximum Gasteiger partial charge on any atom is 0.417 e. The highest BCUT2D eigenvalue weighted by Gasteiger charge is 2.54. The van der Waals surface area contributed by atoms with E-state index in [1.807, 2.05) is 0 Å². The highest BCUT2D eigenvalue weighted by atomic mass is 19.4. The van der Waals surface area contributed by atoms with E-state index < -0.39 is 30.7 Å². The molecule has 24 heavy (non-hydrogen) atoms. The van der Waals surface area contributed by atoms with Gasteiger partial charge in [-0.2, -0.15) is 13.2 Å². The summed E-state index contributed by atoms with van der Waals surface area (Å²) in [5.41, 5.74) is -2.16. The summed E-state index contributed by atoms with van der Waals surface area (Å²) in [7, 11) is 1.48. The van der Waals surface area contributed by atoms with Crippen LogP contribution in [0.15, 0.2) is 24.3 Å². The molecule has 0 aliphatic carbocycles. The number of amides is 1. The van der Waals surface area contributed by atoms with Crippen molar-refractivity contribution in [2.24, 2.45) is 0 Å². The molecule has 1 aromatic rings. The number of para-hydroxylation sites is 2. The van der Waals surface area contributed by atoms with E-state index in [0.29, 0.717) is 11.4 Å². The molecule has 1 aliphatic rings.